The fourth-order valence-electron chi connectivity index (χ4n) is 1.60. The fraction of sp³-hybridized carbons (Fsp3) is 0.636. The van der Waals surface area contributed by atoms with Crippen LogP contribution in [0, 0.1) is 6.92 Å². The largest absolute Gasteiger partial charge is 0.464 e. The van der Waals surface area contributed by atoms with Crippen LogP contribution in [0.1, 0.15) is 17.9 Å². The number of rotatable bonds is 7. The molecule has 0 aromatic carbocycles. The Morgan fingerprint density at radius 1 is 1.50 bits per heavy atom. The van der Waals surface area contributed by atoms with E-state index >= 15 is 0 Å². The van der Waals surface area contributed by atoms with Crippen LogP contribution in [0.5, 0.6) is 0 Å². The molecule has 2 N–H and O–H groups in total. The van der Waals surface area contributed by atoms with Crippen molar-refractivity contribution in [1.82, 2.24) is 4.31 Å². The van der Waals surface area contributed by atoms with Gasteiger partial charge in [-0.25, -0.2) is 12.7 Å². The Morgan fingerprint density at radius 2 is 2.17 bits per heavy atom. The van der Waals surface area contributed by atoms with E-state index in [9.17, 15) is 8.42 Å². The zero-order valence-electron chi connectivity index (χ0n) is 11.0. The van der Waals surface area contributed by atoms with Gasteiger partial charge >= 0.3 is 0 Å². The third-order valence-electron chi connectivity index (χ3n) is 2.63. The molecular formula is C11H20N2O4S. The summed E-state index contributed by atoms with van der Waals surface area (Å²) < 4.78 is 36.0. The monoisotopic (exact) mass is 276 g/mol. The van der Waals surface area contributed by atoms with Gasteiger partial charge in [-0.2, -0.15) is 0 Å². The highest BCUT2D eigenvalue weighted by Crippen LogP contribution is 2.22. The van der Waals surface area contributed by atoms with Gasteiger partial charge in [0.15, 0.2) is 0 Å². The van der Waals surface area contributed by atoms with E-state index in [-0.39, 0.29) is 11.4 Å². The van der Waals surface area contributed by atoms with Gasteiger partial charge in [-0.15, -0.1) is 0 Å². The molecule has 1 aromatic rings. The highest BCUT2D eigenvalue weighted by atomic mass is 32.2. The average Bonchev–Trinajstić information content (AvgIpc) is 2.71. The van der Waals surface area contributed by atoms with Gasteiger partial charge in [0.1, 0.15) is 16.4 Å². The van der Waals surface area contributed by atoms with Crippen molar-refractivity contribution in [2.75, 3.05) is 27.3 Å². The highest BCUT2D eigenvalue weighted by Gasteiger charge is 2.25. The van der Waals surface area contributed by atoms with Crippen LogP contribution in [0.25, 0.3) is 0 Å². The molecule has 0 unspecified atom stereocenters. The molecule has 0 saturated carbocycles. The second-order valence-corrected chi connectivity index (χ2v) is 6.02. The van der Waals surface area contributed by atoms with Crippen molar-refractivity contribution in [3.8, 4) is 0 Å². The number of furan rings is 1. The molecular weight excluding hydrogens is 256 g/mol. The van der Waals surface area contributed by atoms with E-state index in [2.05, 4.69) is 0 Å². The zero-order valence-corrected chi connectivity index (χ0v) is 11.8. The van der Waals surface area contributed by atoms with E-state index in [1.54, 1.807) is 21.1 Å². The Labute approximate surface area is 108 Å². The predicted molar refractivity (Wildman–Crippen MR) is 67.6 cm³/mol. The molecule has 0 bridgehead atoms. The first kappa shape index (κ1) is 15.2. The minimum Gasteiger partial charge on any atom is -0.464 e. The topological polar surface area (TPSA) is 85.8 Å². The van der Waals surface area contributed by atoms with E-state index in [4.69, 9.17) is 14.9 Å². The molecule has 0 fully saturated rings. The lowest BCUT2D eigenvalue weighted by atomic mass is 10.4. The number of methoxy groups -OCH3 is 1. The van der Waals surface area contributed by atoms with E-state index in [1.807, 2.05) is 0 Å². The Bertz CT molecular complexity index is 481. The van der Waals surface area contributed by atoms with Gasteiger partial charge in [-0.3, -0.25) is 0 Å². The molecule has 7 heteroatoms. The summed E-state index contributed by atoms with van der Waals surface area (Å²) in [5.41, 5.74) is 5.43. The lowest BCUT2D eigenvalue weighted by Crippen LogP contribution is -2.28. The maximum atomic E-state index is 12.3. The lowest BCUT2D eigenvalue weighted by Gasteiger charge is -2.16. The molecule has 0 aliphatic heterocycles. The van der Waals surface area contributed by atoms with Crippen LogP contribution < -0.4 is 5.73 Å². The summed E-state index contributed by atoms with van der Waals surface area (Å²) >= 11 is 0. The van der Waals surface area contributed by atoms with Gasteiger partial charge in [0, 0.05) is 33.4 Å². The smallest absolute Gasteiger partial charge is 0.246 e. The van der Waals surface area contributed by atoms with Crippen molar-refractivity contribution in [2.24, 2.45) is 5.73 Å². The number of nitrogens with two attached hydrogens (primary N) is 1. The third kappa shape index (κ3) is 3.32. The summed E-state index contributed by atoms with van der Waals surface area (Å²) in [6.07, 6.45) is 0.646. The molecule has 0 saturated heterocycles. The van der Waals surface area contributed by atoms with E-state index < -0.39 is 10.0 Å². The molecule has 0 aliphatic carbocycles. The van der Waals surface area contributed by atoms with Crippen LogP contribution >= 0.6 is 0 Å². The molecule has 0 radical (unpaired) electrons. The number of nitrogens with zero attached hydrogens (tertiary/aromatic N) is 1. The summed E-state index contributed by atoms with van der Waals surface area (Å²) in [6.45, 7) is 2.73. The van der Waals surface area contributed by atoms with Gasteiger partial charge in [-0.05, 0) is 13.3 Å². The summed E-state index contributed by atoms with van der Waals surface area (Å²) in [5, 5.41) is 0. The molecule has 0 aliphatic rings. The summed E-state index contributed by atoms with van der Waals surface area (Å²) in [6, 6.07) is 1.48. The fourth-order valence-corrected chi connectivity index (χ4v) is 2.99. The standard InChI is InChI=1S/C11H20N2O4S/c1-9-11(7-10(8-12)17-9)18(14,15)13(2)5-4-6-16-3/h7H,4-6,8,12H2,1-3H3. The highest BCUT2D eigenvalue weighted by molar-refractivity contribution is 7.89. The normalized spacial score (nSPS) is 12.3. The molecule has 1 rings (SSSR count). The van der Waals surface area contributed by atoms with Crippen molar-refractivity contribution in [1.29, 1.82) is 0 Å². The van der Waals surface area contributed by atoms with Gasteiger partial charge < -0.3 is 14.9 Å². The first-order chi connectivity index (χ1) is 8.43. The van der Waals surface area contributed by atoms with Crippen molar-refractivity contribution < 1.29 is 17.6 Å². The van der Waals surface area contributed by atoms with Crippen LogP contribution in [0.4, 0.5) is 0 Å². The maximum Gasteiger partial charge on any atom is 0.246 e. The summed E-state index contributed by atoms with van der Waals surface area (Å²) in [4.78, 5) is 0.183. The molecule has 0 spiro atoms. The Hall–Kier alpha value is -0.890. The van der Waals surface area contributed by atoms with Crippen molar-refractivity contribution in [3.05, 3.63) is 17.6 Å². The molecule has 0 amide bonds. The number of sulfonamides is 1. The van der Waals surface area contributed by atoms with Crippen molar-refractivity contribution in [2.45, 2.75) is 24.8 Å². The summed E-state index contributed by atoms with van der Waals surface area (Å²) in [5.74, 6) is 0.838. The number of ether oxygens (including phenoxy) is 1. The minimum atomic E-state index is -3.51. The predicted octanol–water partition coefficient (Wildman–Crippen LogP) is 0.704. The molecule has 1 aromatic heterocycles. The minimum absolute atomic E-state index is 0.183. The number of hydrogen-bond acceptors (Lipinski definition) is 5. The van der Waals surface area contributed by atoms with Crippen LogP contribution in [0.2, 0.25) is 0 Å². The van der Waals surface area contributed by atoms with E-state index in [0.717, 1.165) is 0 Å². The van der Waals surface area contributed by atoms with Crippen molar-refractivity contribution in [3.63, 3.8) is 0 Å². The van der Waals surface area contributed by atoms with Gasteiger partial charge in [-0.1, -0.05) is 0 Å². The quantitative estimate of drug-likeness (QED) is 0.741. The molecule has 18 heavy (non-hydrogen) atoms. The molecule has 6 nitrogen and oxygen atoms in total. The van der Waals surface area contributed by atoms with E-state index in [0.29, 0.717) is 31.1 Å². The van der Waals surface area contributed by atoms with E-state index in [1.165, 1.54) is 10.4 Å². The molecule has 0 atom stereocenters. The van der Waals surface area contributed by atoms with Crippen LogP contribution in [-0.2, 0) is 21.3 Å². The average molecular weight is 276 g/mol. The van der Waals surface area contributed by atoms with Gasteiger partial charge in [0.25, 0.3) is 0 Å². The Balaban J connectivity index is 2.87. The Kier molecular flexibility index (Phi) is 5.33. The van der Waals surface area contributed by atoms with Gasteiger partial charge in [0.05, 0.1) is 6.54 Å². The Morgan fingerprint density at radius 3 is 2.67 bits per heavy atom. The first-order valence-corrected chi connectivity index (χ1v) is 7.12. The summed E-state index contributed by atoms with van der Waals surface area (Å²) in [7, 11) is -0.384. The zero-order chi connectivity index (χ0) is 13.8. The van der Waals surface area contributed by atoms with Crippen LogP contribution in [-0.4, -0.2) is 40.0 Å². The molecule has 1 heterocycles. The second-order valence-electron chi connectivity index (χ2n) is 4.01. The number of aryl methyl sites for hydroxylation is 1. The first-order valence-electron chi connectivity index (χ1n) is 5.68. The van der Waals surface area contributed by atoms with Crippen LogP contribution in [0.15, 0.2) is 15.4 Å². The maximum absolute atomic E-state index is 12.3. The van der Waals surface area contributed by atoms with Gasteiger partial charge in [0.2, 0.25) is 10.0 Å². The number of hydrogen-bond donors (Lipinski definition) is 1. The SMILES string of the molecule is COCCCN(C)S(=O)(=O)c1cc(CN)oc1C. The molecule has 104 valence electrons. The van der Waals surface area contributed by atoms with Crippen molar-refractivity contribution >= 4 is 10.0 Å². The van der Waals surface area contributed by atoms with Crippen LogP contribution in [0.3, 0.4) is 0 Å². The third-order valence-corrected chi connectivity index (χ3v) is 4.60. The lowest BCUT2D eigenvalue weighted by molar-refractivity contribution is 0.189. The second kappa shape index (κ2) is 6.33.